The first-order chi connectivity index (χ1) is 20.1. The maximum Gasteiger partial charge on any atom is 0.264 e. The number of nitrogens with zero attached hydrogens (tertiary/aromatic N) is 2. The fraction of sp³-hybridized carbons (Fsp3) is 0.355. The Morgan fingerprint density at radius 1 is 0.952 bits per heavy atom. The Morgan fingerprint density at radius 3 is 2.33 bits per heavy atom. The van der Waals surface area contributed by atoms with Crippen LogP contribution in [0.2, 0.25) is 0 Å². The molecule has 1 atom stereocenters. The van der Waals surface area contributed by atoms with Crippen LogP contribution >= 0.6 is 0 Å². The van der Waals surface area contributed by atoms with Crippen molar-refractivity contribution in [2.45, 2.75) is 50.7 Å². The Kier molecular flexibility index (Phi) is 9.95. The van der Waals surface area contributed by atoms with Gasteiger partial charge in [-0.05, 0) is 62.2 Å². The molecule has 0 aliphatic carbocycles. The molecule has 0 aromatic heterocycles. The topological polar surface area (TPSA) is 114 Å². The van der Waals surface area contributed by atoms with Crippen molar-refractivity contribution in [3.63, 3.8) is 0 Å². The molecule has 0 fully saturated rings. The molecular formula is C31H37N3O7S. The van der Waals surface area contributed by atoms with Crippen LogP contribution in [0, 0.1) is 0 Å². The predicted octanol–water partition coefficient (Wildman–Crippen LogP) is 3.99. The lowest BCUT2D eigenvalue weighted by Crippen LogP contribution is -2.53. The van der Waals surface area contributed by atoms with Gasteiger partial charge in [0.1, 0.15) is 31.5 Å². The Morgan fingerprint density at radius 2 is 1.67 bits per heavy atom. The third-order valence-corrected chi connectivity index (χ3v) is 8.52. The normalized spacial score (nSPS) is 13.3. The van der Waals surface area contributed by atoms with Crippen LogP contribution < -0.4 is 23.8 Å². The molecule has 224 valence electrons. The number of rotatable bonds is 12. The van der Waals surface area contributed by atoms with Crippen molar-refractivity contribution in [3.05, 3.63) is 78.4 Å². The van der Waals surface area contributed by atoms with E-state index in [2.05, 4.69) is 5.32 Å². The lowest BCUT2D eigenvalue weighted by Gasteiger charge is -2.33. The molecule has 1 heterocycles. The van der Waals surface area contributed by atoms with E-state index in [-0.39, 0.29) is 29.1 Å². The SMILES string of the molecule is CC[C@H](C(=O)NC(C)C)N(Cc1cccc(OC)c1)C(=O)CN(c1ccc2c(c1)OCCO2)S(=O)(=O)c1ccccc1. The fourth-order valence-corrected chi connectivity index (χ4v) is 6.13. The molecule has 0 spiro atoms. The van der Waals surface area contributed by atoms with Crippen molar-refractivity contribution in [2.24, 2.45) is 0 Å². The first-order valence-electron chi connectivity index (χ1n) is 13.8. The highest BCUT2D eigenvalue weighted by molar-refractivity contribution is 7.92. The molecule has 1 N–H and O–H groups in total. The van der Waals surface area contributed by atoms with Gasteiger partial charge in [0.25, 0.3) is 10.0 Å². The molecule has 0 saturated carbocycles. The van der Waals surface area contributed by atoms with Crippen molar-refractivity contribution in [3.8, 4) is 17.2 Å². The summed E-state index contributed by atoms with van der Waals surface area (Å²) in [5.41, 5.74) is 0.966. The van der Waals surface area contributed by atoms with Gasteiger partial charge in [0.05, 0.1) is 17.7 Å². The van der Waals surface area contributed by atoms with Gasteiger partial charge < -0.3 is 24.4 Å². The quantitative estimate of drug-likeness (QED) is 0.337. The maximum absolute atomic E-state index is 14.2. The number of nitrogens with one attached hydrogen (secondary N) is 1. The Hall–Kier alpha value is -4.25. The highest BCUT2D eigenvalue weighted by Gasteiger charge is 2.34. The van der Waals surface area contributed by atoms with Crippen molar-refractivity contribution in [1.29, 1.82) is 0 Å². The van der Waals surface area contributed by atoms with Crippen LogP contribution in [0.4, 0.5) is 5.69 Å². The molecule has 42 heavy (non-hydrogen) atoms. The van der Waals surface area contributed by atoms with Crippen LogP contribution in [-0.2, 0) is 26.2 Å². The molecular weight excluding hydrogens is 558 g/mol. The summed E-state index contributed by atoms with van der Waals surface area (Å²) in [5.74, 6) is 0.613. The maximum atomic E-state index is 14.2. The van der Waals surface area contributed by atoms with Crippen LogP contribution in [0.3, 0.4) is 0 Å². The minimum absolute atomic E-state index is 0.0247. The van der Waals surface area contributed by atoms with Crippen LogP contribution in [0.1, 0.15) is 32.8 Å². The van der Waals surface area contributed by atoms with Gasteiger partial charge in [-0.15, -0.1) is 0 Å². The molecule has 2 amide bonds. The second kappa shape index (κ2) is 13.6. The number of anilines is 1. The molecule has 1 aliphatic heterocycles. The summed E-state index contributed by atoms with van der Waals surface area (Å²) >= 11 is 0. The number of amides is 2. The molecule has 0 unspecified atom stereocenters. The Balaban J connectivity index is 1.76. The Labute approximate surface area is 247 Å². The van der Waals surface area contributed by atoms with E-state index in [1.807, 2.05) is 26.8 Å². The summed E-state index contributed by atoms with van der Waals surface area (Å²) in [6.45, 7) is 5.72. The first-order valence-corrected chi connectivity index (χ1v) is 15.3. The molecule has 10 nitrogen and oxygen atoms in total. The smallest absolute Gasteiger partial charge is 0.264 e. The van der Waals surface area contributed by atoms with Crippen molar-refractivity contribution < 1.29 is 32.2 Å². The minimum atomic E-state index is -4.20. The average molecular weight is 596 g/mol. The van der Waals surface area contributed by atoms with Gasteiger partial charge in [-0.25, -0.2) is 8.42 Å². The number of ether oxygens (including phenoxy) is 3. The zero-order valence-electron chi connectivity index (χ0n) is 24.3. The van der Waals surface area contributed by atoms with Gasteiger partial charge in [0.15, 0.2) is 11.5 Å². The summed E-state index contributed by atoms with van der Waals surface area (Å²) in [5, 5.41) is 2.89. The van der Waals surface area contributed by atoms with Crippen molar-refractivity contribution >= 4 is 27.5 Å². The summed E-state index contributed by atoms with van der Waals surface area (Å²) < 4.78 is 45.7. The standard InChI is InChI=1S/C31H37N3O7S/c1-5-27(31(36)32-22(2)3)33(20-23-10-9-11-25(18-23)39-4)30(35)21-34(42(37,38)26-12-7-6-8-13-26)24-14-15-28-29(19-24)41-17-16-40-28/h6-15,18-19,22,27H,5,16-17,20-21H2,1-4H3,(H,32,36)/t27-/m1/s1. The van der Waals surface area contributed by atoms with Gasteiger partial charge in [-0.1, -0.05) is 37.3 Å². The summed E-state index contributed by atoms with van der Waals surface area (Å²) in [4.78, 5) is 28.9. The second-order valence-electron chi connectivity index (χ2n) is 10.1. The van der Waals surface area contributed by atoms with Gasteiger partial charge in [-0.2, -0.15) is 0 Å². The number of methoxy groups -OCH3 is 1. The molecule has 3 aromatic rings. The number of carbonyl (C=O) groups excluding carboxylic acids is 2. The lowest BCUT2D eigenvalue weighted by molar-refractivity contribution is -0.140. The van der Waals surface area contributed by atoms with Gasteiger partial charge in [0.2, 0.25) is 11.8 Å². The summed E-state index contributed by atoms with van der Waals surface area (Å²) in [7, 11) is -2.65. The van der Waals surface area contributed by atoms with E-state index in [0.717, 1.165) is 9.87 Å². The van der Waals surface area contributed by atoms with E-state index in [4.69, 9.17) is 14.2 Å². The third kappa shape index (κ3) is 7.14. The highest BCUT2D eigenvalue weighted by Crippen LogP contribution is 2.36. The molecule has 0 saturated heterocycles. The molecule has 0 radical (unpaired) electrons. The van der Waals surface area contributed by atoms with Gasteiger partial charge >= 0.3 is 0 Å². The number of sulfonamides is 1. The van der Waals surface area contributed by atoms with E-state index in [1.165, 1.54) is 17.0 Å². The lowest BCUT2D eigenvalue weighted by atomic mass is 10.1. The summed E-state index contributed by atoms with van der Waals surface area (Å²) in [6.07, 6.45) is 0.323. The largest absolute Gasteiger partial charge is 0.497 e. The van der Waals surface area contributed by atoms with Crippen LogP contribution in [-0.4, -0.2) is 64.1 Å². The zero-order chi connectivity index (χ0) is 30.3. The van der Waals surface area contributed by atoms with Crippen molar-refractivity contribution in [1.82, 2.24) is 10.2 Å². The van der Waals surface area contributed by atoms with Crippen molar-refractivity contribution in [2.75, 3.05) is 31.2 Å². The molecule has 1 aliphatic rings. The number of carbonyl (C=O) groups is 2. The number of hydrogen-bond donors (Lipinski definition) is 1. The average Bonchev–Trinajstić information content (AvgIpc) is 2.99. The van der Waals surface area contributed by atoms with E-state index in [1.54, 1.807) is 61.7 Å². The van der Waals surface area contributed by atoms with Crippen LogP contribution in [0.5, 0.6) is 17.2 Å². The molecule has 11 heteroatoms. The van der Waals surface area contributed by atoms with E-state index < -0.39 is 28.5 Å². The van der Waals surface area contributed by atoms with E-state index in [0.29, 0.717) is 36.9 Å². The number of fused-ring (bicyclic) bond motifs is 1. The summed E-state index contributed by atoms with van der Waals surface area (Å²) in [6, 6.07) is 18.9. The van der Waals surface area contributed by atoms with E-state index in [9.17, 15) is 18.0 Å². The molecule has 0 bridgehead atoms. The van der Waals surface area contributed by atoms with Gasteiger partial charge in [-0.3, -0.25) is 13.9 Å². The van der Waals surface area contributed by atoms with E-state index >= 15 is 0 Å². The number of hydrogen-bond acceptors (Lipinski definition) is 7. The monoisotopic (exact) mass is 595 g/mol. The van der Waals surface area contributed by atoms with Crippen LogP contribution in [0.25, 0.3) is 0 Å². The minimum Gasteiger partial charge on any atom is -0.497 e. The zero-order valence-corrected chi connectivity index (χ0v) is 25.1. The number of benzene rings is 3. The second-order valence-corrected chi connectivity index (χ2v) is 12.0. The third-order valence-electron chi connectivity index (χ3n) is 6.73. The Bertz CT molecular complexity index is 1500. The first kappa shape index (κ1) is 30.7. The molecule has 3 aromatic carbocycles. The van der Waals surface area contributed by atoms with Crippen LogP contribution in [0.15, 0.2) is 77.7 Å². The molecule has 4 rings (SSSR count). The predicted molar refractivity (Wildman–Crippen MR) is 159 cm³/mol. The van der Waals surface area contributed by atoms with Gasteiger partial charge in [0, 0.05) is 18.7 Å². The fourth-order valence-electron chi connectivity index (χ4n) is 4.70. The highest BCUT2D eigenvalue weighted by atomic mass is 32.2.